The number of nitrogens with one attached hydrogen (secondary N) is 3. The van der Waals surface area contributed by atoms with Gasteiger partial charge in [0.1, 0.15) is 11.3 Å². The van der Waals surface area contributed by atoms with Gasteiger partial charge >= 0.3 is 0 Å². The van der Waals surface area contributed by atoms with Gasteiger partial charge in [-0.05, 0) is 39.0 Å². The van der Waals surface area contributed by atoms with Crippen molar-refractivity contribution in [2.75, 3.05) is 41.7 Å². The summed E-state index contributed by atoms with van der Waals surface area (Å²) < 4.78 is 0. The van der Waals surface area contributed by atoms with E-state index in [-0.39, 0.29) is 6.04 Å². The Labute approximate surface area is 176 Å². The first kappa shape index (κ1) is 20.2. The molecule has 30 heavy (non-hydrogen) atoms. The first-order valence-corrected chi connectivity index (χ1v) is 10.3. The molecule has 9 heteroatoms. The number of hydrogen-bond donors (Lipinski definition) is 4. The van der Waals surface area contributed by atoms with E-state index in [9.17, 15) is 5.11 Å². The van der Waals surface area contributed by atoms with Gasteiger partial charge in [-0.3, -0.25) is 0 Å². The smallest absolute Gasteiger partial charge is 0.229 e. The van der Waals surface area contributed by atoms with Crippen LogP contribution >= 0.6 is 0 Å². The summed E-state index contributed by atoms with van der Waals surface area (Å²) in [6, 6.07) is 5.99. The fraction of sp³-hybridized carbons (Fsp3) is 0.429. The maximum Gasteiger partial charge on any atom is 0.229 e. The van der Waals surface area contributed by atoms with E-state index in [1.807, 2.05) is 32.2 Å². The van der Waals surface area contributed by atoms with Crippen molar-refractivity contribution in [1.29, 1.82) is 0 Å². The zero-order valence-corrected chi connectivity index (χ0v) is 17.6. The largest absolute Gasteiger partial charge is 0.387 e. The van der Waals surface area contributed by atoms with E-state index in [4.69, 9.17) is 0 Å². The number of fused-ring (bicyclic) bond motifs is 1. The minimum atomic E-state index is -0.668. The highest BCUT2D eigenvalue weighted by Gasteiger charge is 2.14. The second-order valence-electron chi connectivity index (χ2n) is 7.77. The van der Waals surface area contributed by atoms with Crippen molar-refractivity contribution < 1.29 is 5.11 Å². The van der Waals surface area contributed by atoms with Crippen LogP contribution < -0.4 is 20.9 Å². The number of piperazine rings is 1. The molecule has 4 heterocycles. The Bertz CT molecular complexity index is 1000. The van der Waals surface area contributed by atoms with E-state index >= 15 is 0 Å². The third-order valence-corrected chi connectivity index (χ3v) is 4.91. The first-order valence-electron chi connectivity index (χ1n) is 10.3. The third kappa shape index (κ3) is 4.58. The molecule has 1 aliphatic rings. The van der Waals surface area contributed by atoms with Gasteiger partial charge < -0.3 is 26.0 Å². The van der Waals surface area contributed by atoms with Crippen LogP contribution in [0.4, 0.5) is 23.3 Å². The van der Waals surface area contributed by atoms with Crippen molar-refractivity contribution in [3.8, 4) is 0 Å². The van der Waals surface area contributed by atoms with Crippen LogP contribution in [0.2, 0.25) is 0 Å². The molecule has 1 aliphatic heterocycles. The van der Waals surface area contributed by atoms with Crippen LogP contribution in [0.25, 0.3) is 10.9 Å². The molecule has 0 saturated carbocycles. The van der Waals surface area contributed by atoms with Crippen molar-refractivity contribution in [2.24, 2.45) is 0 Å². The molecule has 0 bridgehead atoms. The Hall–Kier alpha value is -3.04. The average molecular weight is 409 g/mol. The molecule has 0 aromatic carbocycles. The molecule has 1 saturated heterocycles. The van der Waals surface area contributed by atoms with Gasteiger partial charge in [0, 0.05) is 43.8 Å². The maximum atomic E-state index is 9.95. The zero-order valence-electron chi connectivity index (χ0n) is 17.6. The van der Waals surface area contributed by atoms with E-state index in [1.165, 1.54) is 0 Å². The summed E-state index contributed by atoms with van der Waals surface area (Å²) in [5.41, 5.74) is 2.39. The zero-order chi connectivity index (χ0) is 21.1. The normalized spacial score (nSPS) is 15.4. The number of aliphatic hydroxyl groups is 1. The van der Waals surface area contributed by atoms with Crippen LogP contribution in [-0.2, 0) is 0 Å². The quantitative estimate of drug-likeness (QED) is 0.489. The summed E-state index contributed by atoms with van der Waals surface area (Å²) >= 11 is 0. The molecular weight excluding hydrogens is 380 g/mol. The van der Waals surface area contributed by atoms with Gasteiger partial charge in [-0.15, -0.1) is 0 Å². The van der Waals surface area contributed by atoms with Gasteiger partial charge in [-0.1, -0.05) is 0 Å². The van der Waals surface area contributed by atoms with Crippen LogP contribution in [0, 0.1) is 0 Å². The Kier molecular flexibility index (Phi) is 5.91. The fourth-order valence-corrected chi connectivity index (χ4v) is 3.39. The van der Waals surface area contributed by atoms with E-state index < -0.39 is 6.10 Å². The number of rotatable bonds is 6. The standard InChI is InChI=1S/C21H28N8O/c1-13(2)25-20-19-15(10-17(26-20)14(3)30)11-24-21(28-19)27-18-5-4-16(12-23-18)29-8-6-22-7-9-29/h4-5,10-14,22,30H,6-9H2,1-3H3,(H,25,26)(H,23,24,27,28). The Balaban J connectivity index is 1.59. The molecule has 1 atom stereocenters. The van der Waals surface area contributed by atoms with Crippen LogP contribution in [0.3, 0.4) is 0 Å². The summed E-state index contributed by atoms with van der Waals surface area (Å²) in [5.74, 6) is 1.76. The highest BCUT2D eigenvalue weighted by molar-refractivity contribution is 5.89. The first-order chi connectivity index (χ1) is 14.5. The number of nitrogens with zero attached hydrogens (tertiary/aromatic N) is 5. The molecule has 9 nitrogen and oxygen atoms in total. The second kappa shape index (κ2) is 8.76. The fourth-order valence-electron chi connectivity index (χ4n) is 3.39. The summed E-state index contributed by atoms with van der Waals surface area (Å²) in [5, 5.41) is 20.6. The van der Waals surface area contributed by atoms with E-state index in [0.29, 0.717) is 28.8 Å². The molecule has 0 aliphatic carbocycles. The van der Waals surface area contributed by atoms with E-state index in [2.05, 4.69) is 46.9 Å². The van der Waals surface area contributed by atoms with Gasteiger partial charge in [-0.25, -0.2) is 19.9 Å². The summed E-state index contributed by atoms with van der Waals surface area (Å²) in [4.78, 5) is 20.4. The lowest BCUT2D eigenvalue weighted by Gasteiger charge is -2.29. The van der Waals surface area contributed by atoms with Gasteiger partial charge in [0.15, 0.2) is 5.82 Å². The van der Waals surface area contributed by atoms with Gasteiger partial charge in [0.2, 0.25) is 5.95 Å². The van der Waals surface area contributed by atoms with Gasteiger partial charge in [0.25, 0.3) is 0 Å². The van der Waals surface area contributed by atoms with Crippen LogP contribution in [-0.4, -0.2) is 57.3 Å². The number of hydrogen-bond acceptors (Lipinski definition) is 9. The molecule has 1 unspecified atom stereocenters. The van der Waals surface area contributed by atoms with Crippen molar-refractivity contribution in [3.05, 3.63) is 36.3 Å². The molecule has 3 aromatic rings. The second-order valence-corrected chi connectivity index (χ2v) is 7.77. The molecule has 158 valence electrons. The third-order valence-electron chi connectivity index (χ3n) is 4.91. The maximum absolute atomic E-state index is 9.95. The Morgan fingerprint density at radius 1 is 1.07 bits per heavy atom. The topological polar surface area (TPSA) is 111 Å². The predicted octanol–water partition coefficient (Wildman–Crippen LogP) is 2.45. The molecule has 4 rings (SSSR count). The van der Waals surface area contributed by atoms with Crippen molar-refractivity contribution in [3.63, 3.8) is 0 Å². The SMILES string of the molecule is CC(C)Nc1nc(C(C)O)cc2cnc(Nc3ccc(N4CCNCC4)cn3)nc12. The van der Waals surface area contributed by atoms with Crippen LogP contribution in [0.5, 0.6) is 0 Å². The van der Waals surface area contributed by atoms with Crippen molar-refractivity contribution >= 4 is 34.2 Å². The van der Waals surface area contributed by atoms with Gasteiger partial charge in [-0.2, -0.15) is 0 Å². The monoisotopic (exact) mass is 408 g/mol. The van der Waals surface area contributed by atoms with Crippen LogP contribution in [0.15, 0.2) is 30.6 Å². The average Bonchev–Trinajstić information content (AvgIpc) is 2.74. The number of aliphatic hydroxyl groups excluding tert-OH is 1. The van der Waals surface area contributed by atoms with E-state index in [1.54, 1.807) is 13.1 Å². The van der Waals surface area contributed by atoms with E-state index in [0.717, 1.165) is 37.3 Å². The lowest BCUT2D eigenvalue weighted by atomic mass is 10.2. The minimum absolute atomic E-state index is 0.176. The summed E-state index contributed by atoms with van der Waals surface area (Å²) in [7, 11) is 0. The Morgan fingerprint density at radius 3 is 2.53 bits per heavy atom. The molecule has 0 amide bonds. The lowest BCUT2D eigenvalue weighted by Crippen LogP contribution is -2.43. The molecule has 0 spiro atoms. The predicted molar refractivity (Wildman–Crippen MR) is 119 cm³/mol. The molecular formula is C21H28N8O. The lowest BCUT2D eigenvalue weighted by molar-refractivity contribution is 0.194. The van der Waals surface area contributed by atoms with Gasteiger partial charge in [0.05, 0.1) is 23.7 Å². The van der Waals surface area contributed by atoms with Crippen molar-refractivity contribution in [1.82, 2.24) is 25.3 Å². The number of pyridine rings is 2. The molecule has 0 radical (unpaired) electrons. The molecule has 1 fully saturated rings. The minimum Gasteiger partial charge on any atom is -0.387 e. The molecule has 4 N–H and O–H groups in total. The Morgan fingerprint density at radius 2 is 1.87 bits per heavy atom. The van der Waals surface area contributed by atoms with Crippen molar-refractivity contribution in [2.45, 2.75) is 32.9 Å². The number of aromatic nitrogens is 4. The highest BCUT2D eigenvalue weighted by Crippen LogP contribution is 2.26. The number of anilines is 4. The highest BCUT2D eigenvalue weighted by atomic mass is 16.3. The van der Waals surface area contributed by atoms with Crippen LogP contribution in [0.1, 0.15) is 32.6 Å². The summed E-state index contributed by atoms with van der Waals surface area (Å²) in [6.07, 6.45) is 2.94. The summed E-state index contributed by atoms with van der Waals surface area (Å²) in [6.45, 7) is 9.70. The molecule has 3 aromatic heterocycles.